The maximum absolute atomic E-state index is 13.9. The van der Waals surface area contributed by atoms with Crippen molar-refractivity contribution in [3.8, 4) is 0 Å². The summed E-state index contributed by atoms with van der Waals surface area (Å²) in [6.07, 6.45) is 1.49. The second-order valence-corrected chi connectivity index (χ2v) is 9.09. The van der Waals surface area contributed by atoms with E-state index in [-0.39, 0.29) is 18.3 Å². The van der Waals surface area contributed by atoms with Gasteiger partial charge in [0.05, 0.1) is 11.2 Å². The fourth-order valence-electron chi connectivity index (χ4n) is 3.68. The molecule has 0 N–H and O–H groups in total. The number of rotatable bonds is 4. The lowest BCUT2D eigenvalue weighted by molar-refractivity contribution is 0.00578. The van der Waals surface area contributed by atoms with Crippen LogP contribution in [0.15, 0.2) is 24.3 Å². The predicted molar refractivity (Wildman–Crippen MR) is 104 cm³/mol. The summed E-state index contributed by atoms with van der Waals surface area (Å²) in [7, 11) is -0.315. The molecule has 2 heterocycles. The van der Waals surface area contributed by atoms with E-state index >= 15 is 0 Å². The Balaban J connectivity index is 1.35. The molecular weight excluding hydrogens is 330 g/mol. The van der Waals surface area contributed by atoms with Crippen LogP contribution in [0.25, 0.3) is 0 Å². The Morgan fingerprint density at radius 3 is 1.96 bits per heavy atom. The third-order valence-electron chi connectivity index (χ3n) is 6.46. The van der Waals surface area contributed by atoms with Gasteiger partial charge in [-0.25, -0.2) is 4.39 Å². The molecule has 4 nitrogen and oxygen atoms in total. The lowest BCUT2D eigenvalue weighted by atomic mass is 9.79. The van der Waals surface area contributed by atoms with Gasteiger partial charge in [-0.2, -0.15) is 0 Å². The monoisotopic (exact) mass is 360 g/mol. The first-order chi connectivity index (χ1) is 12.2. The van der Waals surface area contributed by atoms with Gasteiger partial charge < -0.3 is 14.2 Å². The molecule has 0 unspecified atom stereocenters. The highest BCUT2D eigenvalue weighted by atomic mass is 19.1. The molecule has 0 aromatic heterocycles. The molecule has 0 amide bonds. The maximum atomic E-state index is 13.9. The lowest BCUT2D eigenvalue weighted by Gasteiger charge is -2.36. The standard InChI is InChI=1S/C20H30BFN2O2/c1-18(2)19(3,4)26-21(25-18)16-5-7-17(8-6-16)24-13-11-23(12-14-24)15-20(22)9-10-20/h5-8H,9-15H2,1-4H3. The number of anilines is 1. The molecule has 2 aliphatic heterocycles. The first-order valence-corrected chi connectivity index (χ1v) is 9.79. The molecule has 1 saturated carbocycles. The fourth-order valence-corrected chi connectivity index (χ4v) is 3.68. The van der Waals surface area contributed by atoms with Gasteiger partial charge >= 0.3 is 7.12 Å². The van der Waals surface area contributed by atoms with Gasteiger partial charge in [0, 0.05) is 38.4 Å². The molecule has 3 aliphatic rings. The Morgan fingerprint density at radius 1 is 0.923 bits per heavy atom. The zero-order valence-corrected chi connectivity index (χ0v) is 16.4. The minimum absolute atomic E-state index is 0.315. The summed E-state index contributed by atoms with van der Waals surface area (Å²) < 4.78 is 26.2. The van der Waals surface area contributed by atoms with Crippen molar-refractivity contribution in [3.63, 3.8) is 0 Å². The smallest absolute Gasteiger partial charge is 0.399 e. The van der Waals surface area contributed by atoms with Crippen LogP contribution < -0.4 is 10.4 Å². The van der Waals surface area contributed by atoms with Crippen LogP contribution in [0.3, 0.4) is 0 Å². The summed E-state index contributed by atoms with van der Waals surface area (Å²) in [6.45, 7) is 12.7. The summed E-state index contributed by atoms with van der Waals surface area (Å²) >= 11 is 0. The van der Waals surface area contributed by atoms with E-state index in [1.165, 1.54) is 5.69 Å². The third-order valence-corrected chi connectivity index (χ3v) is 6.46. The molecule has 1 aromatic rings. The number of nitrogens with zero attached hydrogens (tertiary/aromatic N) is 2. The first kappa shape index (κ1) is 18.3. The van der Waals surface area contributed by atoms with Crippen molar-refractivity contribution in [3.05, 3.63) is 24.3 Å². The minimum atomic E-state index is -0.882. The maximum Gasteiger partial charge on any atom is 0.494 e. The third kappa shape index (κ3) is 3.51. The largest absolute Gasteiger partial charge is 0.494 e. The second-order valence-electron chi connectivity index (χ2n) is 9.09. The zero-order valence-electron chi connectivity index (χ0n) is 16.4. The van der Waals surface area contributed by atoms with E-state index in [0.29, 0.717) is 6.54 Å². The highest BCUT2D eigenvalue weighted by Gasteiger charge is 2.51. The van der Waals surface area contributed by atoms with Crippen molar-refractivity contribution < 1.29 is 13.7 Å². The summed E-state index contributed by atoms with van der Waals surface area (Å²) in [4.78, 5) is 4.64. The molecule has 0 spiro atoms. The van der Waals surface area contributed by atoms with Crippen LogP contribution in [-0.2, 0) is 9.31 Å². The Hall–Kier alpha value is -1.11. The molecule has 3 fully saturated rings. The van der Waals surface area contributed by atoms with Gasteiger partial charge in [0.25, 0.3) is 0 Å². The van der Waals surface area contributed by atoms with Crippen molar-refractivity contribution in [1.29, 1.82) is 0 Å². The van der Waals surface area contributed by atoms with Gasteiger partial charge in [0.2, 0.25) is 0 Å². The van der Waals surface area contributed by atoms with Crippen molar-refractivity contribution in [1.82, 2.24) is 4.90 Å². The molecular formula is C20H30BFN2O2. The number of piperazine rings is 1. The van der Waals surface area contributed by atoms with Crippen molar-refractivity contribution >= 4 is 18.3 Å². The van der Waals surface area contributed by atoms with Gasteiger partial charge in [-0.15, -0.1) is 0 Å². The Morgan fingerprint density at radius 2 is 1.46 bits per heavy atom. The molecule has 0 atom stereocenters. The van der Waals surface area contributed by atoms with Crippen LogP contribution in [0.4, 0.5) is 10.1 Å². The van der Waals surface area contributed by atoms with Gasteiger partial charge in [0.15, 0.2) is 0 Å². The molecule has 6 heteroatoms. The van der Waals surface area contributed by atoms with Gasteiger partial charge in [-0.3, -0.25) is 4.90 Å². The van der Waals surface area contributed by atoms with Crippen molar-refractivity contribution in [2.75, 3.05) is 37.6 Å². The van der Waals surface area contributed by atoms with E-state index in [1.54, 1.807) is 0 Å². The number of halogens is 1. The van der Waals surface area contributed by atoms with Crippen molar-refractivity contribution in [2.45, 2.75) is 57.4 Å². The van der Waals surface area contributed by atoms with E-state index in [1.807, 2.05) is 0 Å². The van der Waals surface area contributed by atoms with Crippen molar-refractivity contribution in [2.24, 2.45) is 0 Å². The minimum Gasteiger partial charge on any atom is -0.399 e. The van der Waals surface area contributed by atoms with Gasteiger partial charge in [-0.05, 0) is 58.1 Å². The first-order valence-electron chi connectivity index (χ1n) is 9.79. The van der Waals surface area contributed by atoms with E-state index < -0.39 is 5.67 Å². The van der Waals surface area contributed by atoms with Gasteiger partial charge in [-0.1, -0.05) is 12.1 Å². The Bertz CT molecular complexity index is 636. The average Bonchev–Trinajstić information content (AvgIpc) is 3.26. The molecule has 4 rings (SSSR count). The highest BCUT2D eigenvalue weighted by molar-refractivity contribution is 6.62. The number of hydrogen-bond acceptors (Lipinski definition) is 4. The number of hydrogen-bond donors (Lipinski definition) is 0. The SMILES string of the molecule is CC1(C)OB(c2ccc(N3CCN(CC4(F)CC4)CC3)cc2)OC1(C)C. The fraction of sp³-hybridized carbons (Fsp3) is 0.700. The predicted octanol–water partition coefficient (Wildman–Crippen LogP) is 2.61. The molecule has 26 heavy (non-hydrogen) atoms. The highest BCUT2D eigenvalue weighted by Crippen LogP contribution is 2.40. The molecule has 2 saturated heterocycles. The number of alkyl halides is 1. The van der Waals surface area contributed by atoms with E-state index in [4.69, 9.17) is 9.31 Å². The topological polar surface area (TPSA) is 24.9 Å². The van der Waals surface area contributed by atoms with Gasteiger partial charge in [0.1, 0.15) is 5.67 Å². The zero-order chi connectivity index (χ0) is 18.6. The molecule has 0 radical (unpaired) electrons. The summed E-state index contributed by atoms with van der Waals surface area (Å²) in [5.74, 6) is 0. The number of benzene rings is 1. The Kier molecular flexibility index (Phi) is 4.37. The molecule has 1 aromatic carbocycles. The molecule has 1 aliphatic carbocycles. The van der Waals surface area contributed by atoms with E-state index in [2.05, 4.69) is 61.8 Å². The van der Waals surface area contributed by atoms with Crippen LogP contribution in [0.5, 0.6) is 0 Å². The van der Waals surface area contributed by atoms with Crippen LogP contribution in [0.2, 0.25) is 0 Å². The normalized spacial score (nSPS) is 27.0. The lowest BCUT2D eigenvalue weighted by Crippen LogP contribution is -2.48. The Labute approximate surface area is 156 Å². The molecule has 0 bridgehead atoms. The molecule has 142 valence electrons. The van der Waals surface area contributed by atoms with E-state index in [0.717, 1.165) is 44.5 Å². The van der Waals surface area contributed by atoms with Crippen LogP contribution in [0, 0.1) is 0 Å². The summed E-state index contributed by atoms with van der Waals surface area (Å²) in [6, 6.07) is 8.50. The van der Waals surface area contributed by atoms with Crippen LogP contribution >= 0.6 is 0 Å². The summed E-state index contributed by atoms with van der Waals surface area (Å²) in [5.41, 5.74) is 0.752. The van der Waals surface area contributed by atoms with E-state index in [9.17, 15) is 4.39 Å². The quantitative estimate of drug-likeness (QED) is 0.771. The summed E-state index contributed by atoms with van der Waals surface area (Å²) in [5, 5.41) is 0. The van der Waals surface area contributed by atoms with Crippen LogP contribution in [-0.4, -0.2) is 61.6 Å². The second kappa shape index (κ2) is 6.21. The average molecular weight is 360 g/mol. The van der Waals surface area contributed by atoms with Crippen LogP contribution in [0.1, 0.15) is 40.5 Å².